The van der Waals surface area contributed by atoms with Crippen molar-refractivity contribution in [2.45, 2.75) is 39.8 Å². The van der Waals surface area contributed by atoms with Gasteiger partial charge in [0.05, 0.1) is 0 Å². The summed E-state index contributed by atoms with van der Waals surface area (Å²) >= 11 is 1.74. The van der Waals surface area contributed by atoms with Gasteiger partial charge in [-0.15, -0.1) is 24.0 Å². The summed E-state index contributed by atoms with van der Waals surface area (Å²) in [6.07, 6.45) is 12.9. The molecular weight excluding hydrogens is 503 g/mol. The van der Waals surface area contributed by atoms with Gasteiger partial charge in [0.15, 0.2) is 0 Å². The topological polar surface area (TPSA) is 0 Å². The van der Waals surface area contributed by atoms with Crippen molar-refractivity contribution in [1.82, 2.24) is 0 Å². The Bertz CT molecular complexity index is 835. The molecule has 30 heavy (non-hydrogen) atoms. The van der Waals surface area contributed by atoms with E-state index in [2.05, 4.69) is 99.8 Å². The summed E-state index contributed by atoms with van der Waals surface area (Å²) in [5.74, 6) is 0. The minimum Gasteiger partial charge on any atom is -1.00 e. The molecule has 4 rings (SSSR count). The molecule has 2 aromatic rings. The maximum Gasteiger partial charge on any atom is -1.00 e. The van der Waals surface area contributed by atoms with Crippen LogP contribution in [0.4, 0.5) is 0 Å². The van der Waals surface area contributed by atoms with Crippen molar-refractivity contribution in [3.05, 3.63) is 107 Å². The fourth-order valence-corrected chi connectivity index (χ4v) is 2.87. The van der Waals surface area contributed by atoms with Gasteiger partial charge in [0.2, 0.25) is 0 Å². The van der Waals surface area contributed by atoms with Gasteiger partial charge in [0.25, 0.3) is 0 Å². The first-order valence-corrected chi connectivity index (χ1v) is 15.8. The van der Waals surface area contributed by atoms with E-state index in [4.69, 9.17) is 0 Å². The summed E-state index contributed by atoms with van der Waals surface area (Å²) in [4.78, 5) is 0. The van der Waals surface area contributed by atoms with E-state index in [9.17, 15) is 0 Å². The average Bonchev–Trinajstić information content (AvgIpc) is 3.32. The Kier molecular flexibility index (Phi) is 15.3. The van der Waals surface area contributed by atoms with Gasteiger partial charge in [-0.25, -0.2) is 23.3 Å². The molecule has 0 N–H and O–H groups in total. The standard InChI is InChI=1S/2C12H11.C2H6Si.2ClH.Zr/c2*1-10-7-8-12(9-10)11-5-3-2-4-6-11;1-3-2;;;/h2*2-6,9H,8H2,1H3;1-2H3;2*1H;/q2*-1;;;;+2/p-2. The maximum atomic E-state index is 3.29. The van der Waals surface area contributed by atoms with Crippen molar-refractivity contribution in [3.8, 4) is 0 Å². The second-order valence-electron chi connectivity index (χ2n) is 7.14. The van der Waals surface area contributed by atoms with Crippen LogP contribution in [0.15, 0.2) is 84.0 Å². The minimum absolute atomic E-state index is 0. The number of hydrogen-bond acceptors (Lipinski definition) is 0. The Morgan fingerprint density at radius 3 is 1.20 bits per heavy atom. The molecule has 2 aromatic carbocycles. The molecule has 4 heteroatoms. The van der Waals surface area contributed by atoms with Crippen LogP contribution >= 0.6 is 0 Å². The quantitative estimate of drug-likeness (QED) is 0.405. The van der Waals surface area contributed by atoms with E-state index >= 15 is 0 Å². The zero-order chi connectivity index (χ0) is 20.4. The Labute approximate surface area is 210 Å². The molecule has 0 amide bonds. The zero-order valence-corrected chi connectivity index (χ0v) is 23.1. The van der Waals surface area contributed by atoms with E-state index in [-0.39, 0.29) is 30.2 Å². The number of hydrogen-bond donors (Lipinski definition) is 0. The van der Waals surface area contributed by atoms with Crippen molar-refractivity contribution < 1.29 is 48.1 Å². The largest absolute Gasteiger partial charge is 1.00 e. The van der Waals surface area contributed by atoms with Crippen molar-refractivity contribution in [2.75, 3.05) is 0 Å². The number of allylic oxidation sites excluding steroid dienone is 8. The van der Waals surface area contributed by atoms with Gasteiger partial charge < -0.3 is 24.8 Å². The molecule has 2 aliphatic rings. The van der Waals surface area contributed by atoms with Crippen molar-refractivity contribution in [3.63, 3.8) is 0 Å². The molecule has 0 radical (unpaired) electrons. The molecule has 0 atom stereocenters. The minimum atomic E-state index is 0. The average molecular weight is 531 g/mol. The number of rotatable bonds is 2. The van der Waals surface area contributed by atoms with Crippen LogP contribution in [0.2, 0.25) is 13.1 Å². The molecule has 156 valence electrons. The van der Waals surface area contributed by atoms with E-state index in [1.165, 1.54) is 33.4 Å². The molecule has 0 unspecified atom stereocenters. The molecule has 0 aromatic heterocycles. The summed E-state index contributed by atoms with van der Waals surface area (Å²) in [5.41, 5.74) is 8.13. The Hall–Kier alpha value is -0.920. The SMILES string of the molecule is CC1=[C-]CC(c2ccccc2)=C1.CC1=[C-]CC(c2ccccc2)=C1.C[Si](C)=[Zr+2].[Cl-].[Cl-]. The third-order valence-corrected chi connectivity index (χ3v) is 4.19. The van der Waals surface area contributed by atoms with Crippen LogP contribution in [0.3, 0.4) is 0 Å². The molecular formula is C26H28Cl2SiZr-2. The molecule has 0 saturated carbocycles. The van der Waals surface area contributed by atoms with Gasteiger partial charge in [0.1, 0.15) is 0 Å². The Morgan fingerprint density at radius 1 is 0.667 bits per heavy atom. The summed E-state index contributed by atoms with van der Waals surface area (Å²) in [6, 6.07) is 21.0. The van der Waals surface area contributed by atoms with Crippen molar-refractivity contribution in [1.29, 1.82) is 0 Å². The van der Waals surface area contributed by atoms with E-state index in [0.29, 0.717) is 0 Å². The van der Waals surface area contributed by atoms with Crippen LogP contribution in [0.5, 0.6) is 0 Å². The molecule has 0 nitrogen and oxygen atoms in total. The van der Waals surface area contributed by atoms with E-state index < -0.39 is 0 Å². The first-order valence-electron chi connectivity index (χ1n) is 9.64. The predicted molar refractivity (Wildman–Crippen MR) is 120 cm³/mol. The smallest absolute Gasteiger partial charge is 1.00 e. The molecule has 0 bridgehead atoms. The van der Waals surface area contributed by atoms with E-state index in [1.807, 2.05) is 12.1 Å². The predicted octanol–water partition coefficient (Wildman–Crippen LogP) is 1.24. The fraction of sp³-hybridized carbons (Fsp3) is 0.231. The third kappa shape index (κ3) is 10.9. The van der Waals surface area contributed by atoms with Gasteiger partial charge in [-0.2, -0.15) is 0 Å². The molecule has 0 spiro atoms. The molecule has 0 saturated heterocycles. The molecule has 0 heterocycles. The Balaban J connectivity index is 0.000000452. The van der Waals surface area contributed by atoms with Gasteiger partial charge >= 0.3 is 41.9 Å². The van der Waals surface area contributed by atoms with Crippen LogP contribution < -0.4 is 24.8 Å². The van der Waals surface area contributed by atoms with Crippen molar-refractivity contribution >= 4 is 16.6 Å². The van der Waals surface area contributed by atoms with Crippen LogP contribution in [0.1, 0.15) is 37.8 Å². The third-order valence-electron chi connectivity index (χ3n) is 4.19. The summed E-state index contributed by atoms with van der Waals surface area (Å²) < 4.78 is 0. The van der Waals surface area contributed by atoms with Crippen LogP contribution in [-0.4, -0.2) is 5.43 Å². The molecule has 0 fully saturated rings. The van der Waals surface area contributed by atoms with Gasteiger partial charge in [-0.3, -0.25) is 12.2 Å². The second-order valence-corrected chi connectivity index (χ2v) is 16.5. The number of halogens is 2. The first-order chi connectivity index (χ1) is 13.5. The monoisotopic (exact) mass is 528 g/mol. The fourth-order valence-electron chi connectivity index (χ4n) is 2.87. The maximum absolute atomic E-state index is 3.29. The summed E-state index contributed by atoms with van der Waals surface area (Å²) in [5, 5.41) is 0. The van der Waals surface area contributed by atoms with Crippen LogP contribution in [0.25, 0.3) is 11.1 Å². The molecule has 2 aliphatic carbocycles. The summed E-state index contributed by atoms with van der Waals surface area (Å²) in [6.45, 7) is 8.80. The zero-order valence-electron chi connectivity index (χ0n) is 18.1. The Morgan fingerprint density at radius 2 is 0.967 bits per heavy atom. The molecule has 0 aliphatic heterocycles. The normalized spacial score (nSPS) is 13.5. The van der Waals surface area contributed by atoms with Gasteiger partial charge in [-0.1, -0.05) is 74.5 Å². The van der Waals surface area contributed by atoms with Crippen LogP contribution in [0, 0.1) is 12.2 Å². The second kappa shape index (κ2) is 15.8. The van der Waals surface area contributed by atoms with Gasteiger partial charge in [0, 0.05) is 0 Å². The van der Waals surface area contributed by atoms with E-state index in [0.717, 1.165) is 12.8 Å². The number of benzene rings is 2. The van der Waals surface area contributed by atoms with Gasteiger partial charge in [-0.05, 0) is 11.1 Å². The van der Waals surface area contributed by atoms with E-state index in [1.54, 1.807) is 23.3 Å². The van der Waals surface area contributed by atoms with Crippen LogP contribution in [-0.2, 0) is 23.3 Å². The summed E-state index contributed by atoms with van der Waals surface area (Å²) in [7, 11) is 0. The first kappa shape index (κ1) is 29.1. The van der Waals surface area contributed by atoms with Crippen molar-refractivity contribution in [2.24, 2.45) is 0 Å².